The number of hydrogen-bond donors (Lipinski definition) is 0. The minimum atomic E-state index is -1.49. The van der Waals surface area contributed by atoms with Gasteiger partial charge < -0.3 is 9.64 Å². The quantitative estimate of drug-likeness (QED) is 0.672. The number of ether oxygens (including phenoxy) is 1. The molecule has 6 heteroatoms. The Hall–Kier alpha value is -2.24. The second kappa shape index (κ2) is 3.63. The van der Waals surface area contributed by atoms with Gasteiger partial charge in [0, 0.05) is 7.05 Å². The molecule has 0 atom stereocenters. The maximum atomic E-state index is 13.7. The van der Waals surface area contributed by atoms with Crippen LogP contribution >= 0.6 is 0 Å². The van der Waals surface area contributed by atoms with Crippen LogP contribution in [0.25, 0.3) is 0 Å². The first-order chi connectivity index (χ1) is 8.59. The van der Waals surface area contributed by atoms with Gasteiger partial charge in [-0.15, -0.1) is 0 Å². The van der Waals surface area contributed by atoms with Crippen molar-refractivity contribution < 1.29 is 17.9 Å². The predicted molar refractivity (Wildman–Crippen MR) is 58.7 cm³/mol. The summed E-state index contributed by atoms with van der Waals surface area (Å²) in [5, 5.41) is 0. The fourth-order valence-electron chi connectivity index (χ4n) is 1.92. The van der Waals surface area contributed by atoms with Gasteiger partial charge in [-0.3, -0.25) is 0 Å². The molecule has 92 valence electrons. The third-order valence-corrected chi connectivity index (χ3v) is 2.76. The van der Waals surface area contributed by atoms with E-state index < -0.39 is 23.5 Å². The molecule has 1 aliphatic rings. The van der Waals surface area contributed by atoms with Crippen LogP contribution in [-0.2, 0) is 0 Å². The second-order valence-electron chi connectivity index (χ2n) is 3.81. The maximum Gasteiger partial charge on any atom is 0.260 e. The van der Waals surface area contributed by atoms with E-state index in [0.717, 1.165) is 0 Å². The molecule has 0 aliphatic carbocycles. The summed E-state index contributed by atoms with van der Waals surface area (Å²) in [4.78, 5) is 4.16. The van der Waals surface area contributed by atoms with Gasteiger partial charge in [0.05, 0.1) is 5.69 Å². The molecule has 3 rings (SSSR count). The second-order valence-corrected chi connectivity index (χ2v) is 3.81. The molecule has 0 spiro atoms. The fraction of sp³-hybridized carbons (Fsp3) is 0.0833. The van der Waals surface area contributed by atoms with Gasteiger partial charge >= 0.3 is 0 Å². The normalized spacial score (nSPS) is 12.8. The van der Waals surface area contributed by atoms with E-state index in [2.05, 4.69) is 4.98 Å². The summed E-state index contributed by atoms with van der Waals surface area (Å²) in [5.74, 6) is -3.94. The molecule has 0 bridgehead atoms. The van der Waals surface area contributed by atoms with Crippen molar-refractivity contribution in [2.24, 2.45) is 0 Å². The molecule has 1 aromatic carbocycles. The van der Waals surface area contributed by atoms with Crippen molar-refractivity contribution in [1.82, 2.24) is 4.98 Å². The number of halogens is 3. The molecule has 0 amide bonds. The molecule has 0 saturated heterocycles. The molecule has 1 aromatic heterocycles. The van der Waals surface area contributed by atoms with Crippen LogP contribution < -0.4 is 9.64 Å². The summed E-state index contributed by atoms with van der Waals surface area (Å²) in [7, 11) is 1.50. The maximum absolute atomic E-state index is 13.7. The van der Waals surface area contributed by atoms with E-state index in [0.29, 0.717) is 11.4 Å². The number of para-hydroxylation sites is 2. The molecule has 3 nitrogen and oxygen atoms in total. The van der Waals surface area contributed by atoms with Gasteiger partial charge in [-0.05, 0) is 12.1 Å². The van der Waals surface area contributed by atoms with Crippen LogP contribution in [0.5, 0.6) is 11.5 Å². The van der Waals surface area contributed by atoms with Crippen molar-refractivity contribution in [3.8, 4) is 11.5 Å². The summed E-state index contributed by atoms with van der Waals surface area (Å²) in [6.07, 6.45) is 0. The molecule has 0 saturated carbocycles. The number of benzene rings is 1. The van der Waals surface area contributed by atoms with Gasteiger partial charge in [-0.1, -0.05) is 12.1 Å². The Balaban J connectivity index is 2.29. The number of nitrogens with zero attached hydrogens (tertiary/aromatic N) is 2. The third-order valence-electron chi connectivity index (χ3n) is 2.76. The highest BCUT2D eigenvalue weighted by atomic mass is 19.2. The molecule has 18 heavy (non-hydrogen) atoms. The number of aromatic nitrogens is 1. The Kier molecular flexibility index (Phi) is 2.19. The van der Waals surface area contributed by atoms with Crippen LogP contribution in [-0.4, -0.2) is 12.0 Å². The molecule has 2 heterocycles. The van der Waals surface area contributed by atoms with E-state index in [9.17, 15) is 13.2 Å². The number of rotatable bonds is 0. The first kappa shape index (κ1) is 10.9. The van der Waals surface area contributed by atoms with E-state index in [1.54, 1.807) is 24.3 Å². The van der Waals surface area contributed by atoms with Crippen molar-refractivity contribution in [2.45, 2.75) is 0 Å². The van der Waals surface area contributed by atoms with Gasteiger partial charge in [0.25, 0.3) is 11.9 Å². The zero-order valence-corrected chi connectivity index (χ0v) is 9.25. The van der Waals surface area contributed by atoms with Crippen LogP contribution in [0.4, 0.5) is 24.5 Å². The summed E-state index contributed by atoms with van der Waals surface area (Å²) < 4.78 is 45.5. The standard InChI is InChI=1S/C12H7F3N2O/c1-17-6-4-2-3-5-7(6)18-10-9(17)8(13)11(14)16-12(10)15/h2-5H,1H3. The van der Waals surface area contributed by atoms with E-state index in [1.165, 1.54) is 11.9 Å². The van der Waals surface area contributed by atoms with E-state index in [4.69, 9.17) is 4.74 Å². The predicted octanol–water partition coefficient (Wildman–Crippen LogP) is 3.37. The van der Waals surface area contributed by atoms with Crippen LogP contribution in [0.1, 0.15) is 0 Å². The van der Waals surface area contributed by atoms with E-state index >= 15 is 0 Å². The first-order valence-electron chi connectivity index (χ1n) is 5.14. The van der Waals surface area contributed by atoms with Crippen molar-refractivity contribution in [2.75, 3.05) is 11.9 Å². The summed E-state index contributed by atoms with van der Waals surface area (Å²) in [6.45, 7) is 0. The van der Waals surface area contributed by atoms with Crippen LogP contribution in [0.15, 0.2) is 24.3 Å². The highest BCUT2D eigenvalue weighted by Crippen LogP contribution is 2.47. The Bertz CT molecular complexity index is 645. The Morgan fingerprint density at radius 3 is 2.61 bits per heavy atom. The molecule has 0 radical (unpaired) electrons. The number of hydrogen-bond acceptors (Lipinski definition) is 3. The van der Waals surface area contributed by atoms with E-state index in [-0.39, 0.29) is 5.69 Å². The highest BCUT2D eigenvalue weighted by Gasteiger charge is 2.30. The summed E-state index contributed by atoms with van der Waals surface area (Å²) in [5.41, 5.74) is 0.229. The fourth-order valence-corrected chi connectivity index (χ4v) is 1.92. The topological polar surface area (TPSA) is 25.4 Å². The number of fused-ring (bicyclic) bond motifs is 2. The smallest absolute Gasteiger partial charge is 0.260 e. The minimum Gasteiger partial charge on any atom is -0.448 e. The minimum absolute atomic E-state index is 0.293. The molecular formula is C12H7F3N2O. The van der Waals surface area contributed by atoms with Crippen molar-refractivity contribution in [1.29, 1.82) is 0 Å². The number of anilines is 2. The lowest BCUT2D eigenvalue weighted by atomic mass is 10.2. The average Bonchev–Trinajstić information content (AvgIpc) is 2.36. The number of pyridine rings is 1. The molecule has 0 N–H and O–H groups in total. The zero-order valence-electron chi connectivity index (χ0n) is 9.25. The van der Waals surface area contributed by atoms with Crippen molar-refractivity contribution in [3.63, 3.8) is 0 Å². The SMILES string of the molecule is CN1c2ccccc2Oc2c(F)nc(F)c(F)c21. The zero-order chi connectivity index (χ0) is 12.9. The average molecular weight is 252 g/mol. The molecule has 0 unspecified atom stereocenters. The Labute approximate surface area is 100 Å². The lowest BCUT2D eigenvalue weighted by molar-refractivity contribution is 0.387. The van der Waals surface area contributed by atoms with Crippen LogP contribution in [0, 0.1) is 17.7 Å². The molecule has 2 aromatic rings. The third kappa shape index (κ3) is 1.35. The molecule has 0 fully saturated rings. The van der Waals surface area contributed by atoms with Gasteiger partial charge in [-0.25, -0.2) is 0 Å². The van der Waals surface area contributed by atoms with Crippen molar-refractivity contribution >= 4 is 11.4 Å². The Morgan fingerprint density at radius 2 is 1.83 bits per heavy atom. The monoisotopic (exact) mass is 252 g/mol. The van der Waals surface area contributed by atoms with Crippen LogP contribution in [0.2, 0.25) is 0 Å². The first-order valence-corrected chi connectivity index (χ1v) is 5.14. The largest absolute Gasteiger partial charge is 0.448 e. The van der Waals surface area contributed by atoms with Gasteiger partial charge in [0.2, 0.25) is 11.6 Å². The lowest BCUT2D eigenvalue weighted by Crippen LogP contribution is -2.19. The molecule has 1 aliphatic heterocycles. The summed E-state index contributed by atoms with van der Waals surface area (Å²) in [6, 6.07) is 6.68. The Morgan fingerprint density at radius 1 is 1.11 bits per heavy atom. The molecular weight excluding hydrogens is 245 g/mol. The summed E-state index contributed by atoms with van der Waals surface area (Å²) >= 11 is 0. The van der Waals surface area contributed by atoms with Gasteiger partial charge in [-0.2, -0.15) is 18.2 Å². The lowest BCUT2D eigenvalue weighted by Gasteiger charge is -2.29. The van der Waals surface area contributed by atoms with Gasteiger partial charge in [0.15, 0.2) is 5.75 Å². The van der Waals surface area contributed by atoms with Crippen molar-refractivity contribution in [3.05, 3.63) is 42.0 Å². The highest BCUT2D eigenvalue weighted by molar-refractivity contribution is 5.77. The van der Waals surface area contributed by atoms with Gasteiger partial charge in [0.1, 0.15) is 5.69 Å². The van der Waals surface area contributed by atoms with Crippen LogP contribution in [0.3, 0.4) is 0 Å². The van der Waals surface area contributed by atoms with E-state index in [1.807, 2.05) is 0 Å².